The molecule has 3 heterocycles. The molecule has 3 aromatic carbocycles. The van der Waals surface area contributed by atoms with Crippen molar-refractivity contribution in [3.05, 3.63) is 137 Å². The van der Waals surface area contributed by atoms with Crippen molar-refractivity contribution in [2.75, 3.05) is 4.90 Å². The summed E-state index contributed by atoms with van der Waals surface area (Å²) in [5, 5.41) is 19.5. The number of carbonyl (C=O) groups is 2. The molecule has 2 aromatic heterocycles. The second kappa shape index (κ2) is 12.0. The van der Waals surface area contributed by atoms with Crippen molar-refractivity contribution in [2.24, 2.45) is 0 Å². The highest BCUT2D eigenvalue weighted by Gasteiger charge is 2.46. The number of amides is 1. The Kier molecular flexibility index (Phi) is 7.85. The van der Waals surface area contributed by atoms with Gasteiger partial charge in [-0.3, -0.25) is 14.5 Å². The van der Waals surface area contributed by atoms with Crippen LogP contribution in [0.3, 0.4) is 0 Å². The highest BCUT2D eigenvalue weighted by atomic mass is 32.2. The zero-order valence-electron chi connectivity index (χ0n) is 21.8. The molecule has 0 saturated carbocycles. The summed E-state index contributed by atoms with van der Waals surface area (Å²) in [6.07, 6.45) is 1.34. The number of nitrogens with zero attached hydrogens (tertiary/aromatic N) is 3. The number of carbonyl (C=O) groups excluding carboxylic acids is 2. The number of ether oxygens (including phenoxy) is 1. The van der Waals surface area contributed by atoms with E-state index in [1.165, 1.54) is 35.1 Å². The molecular formula is C31H22FN3O5S2. The molecule has 1 atom stereocenters. The lowest BCUT2D eigenvalue weighted by Crippen LogP contribution is -2.31. The molecule has 5 aromatic rings. The van der Waals surface area contributed by atoms with Gasteiger partial charge in [-0.05, 0) is 47.0 Å². The van der Waals surface area contributed by atoms with Crippen LogP contribution in [0.15, 0.2) is 117 Å². The number of rotatable bonds is 10. The molecule has 1 unspecified atom stereocenters. The number of halogens is 1. The van der Waals surface area contributed by atoms with Crippen molar-refractivity contribution in [3.63, 3.8) is 0 Å². The maximum Gasteiger partial charge on any atom is 0.296 e. The normalized spacial score (nSPS) is 14.9. The number of aliphatic hydroxyl groups excluding tert-OH is 1. The molecular weight excluding hydrogens is 577 g/mol. The monoisotopic (exact) mass is 599 g/mol. The van der Waals surface area contributed by atoms with Gasteiger partial charge in [0.1, 0.15) is 18.2 Å². The fourth-order valence-corrected chi connectivity index (χ4v) is 6.34. The molecule has 1 aliphatic heterocycles. The quantitative estimate of drug-likeness (QED) is 0.105. The van der Waals surface area contributed by atoms with Crippen molar-refractivity contribution in [2.45, 2.75) is 22.7 Å². The number of furan rings is 1. The van der Waals surface area contributed by atoms with E-state index in [0.29, 0.717) is 33.6 Å². The zero-order valence-corrected chi connectivity index (χ0v) is 23.5. The largest absolute Gasteiger partial charge is 0.503 e. The van der Waals surface area contributed by atoms with Gasteiger partial charge < -0.3 is 14.3 Å². The number of benzene rings is 3. The van der Waals surface area contributed by atoms with Crippen LogP contribution >= 0.6 is 23.1 Å². The highest BCUT2D eigenvalue weighted by Crippen LogP contribution is 2.44. The third-order valence-electron chi connectivity index (χ3n) is 6.55. The first-order valence-corrected chi connectivity index (χ1v) is 14.6. The zero-order chi connectivity index (χ0) is 29.1. The molecule has 0 bridgehead atoms. The molecule has 42 heavy (non-hydrogen) atoms. The Morgan fingerprint density at radius 2 is 1.76 bits per heavy atom. The van der Waals surface area contributed by atoms with Gasteiger partial charge in [-0.25, -0.2) is 4.39 Å². The Morgan fingerprint density at radius 3 is 2.50 bits per heavy atom. The van der Waals surface area contributed by atoms with Crippen LogP contribution in [0.4, 0.5) is 9.52 Å². The summed E-state index contributed by atoms with van der Waals surface area (Å²) in [5.74, 6) is -1.54. The second-order valence-corrected chi connectivity index (χ2v) is 11.4. The van der Waals surface area contributed by atoms with Gasteiger partial charge in [0.2, 0.25) is 10.9 Å². The highest BCUT2D eigenvalue weighted by molar-refractivity contribution is 8.00. The summed E-state index contributed by atoms with van der Waals surface area (Å²) >= 11 is 2.38. The van der Waals surface area contributed by atoms with Crippen molar-refractivity contribution >= 4 is 39.9 Å². The van der Waals surface area contributed by atoms with Crippen LogP contribution in [0.1, 0.15) is 33.3 Å². The average molecular weight is 600 g/mol. The van der Waals surface area contributed by atoms with E-state index in [-0.39, 0.29) is 22.3 Å². The third-order valence-corrected chi connectivity index (χ3v) is 8.66. The molecule has 0 spiro atoms. The maximum absolute atomic E-state index is 14.1. The topological polar surface area (TPSA) is 106 Å². The fourth-order valence-electron chi connectivity index (χ4n) is 4.49. The van der Waals surface area contributed by atoms with Gasteiger partial charge in [-0.1, -0.05) is 83.8 Å². The summed E-state index contributed by atoms with van der Waals surface area (Å²) in [6, 6.07) is 25.1. The van der Waals surface area contributed by atoms with E-state index in [2.05, 4.69) is 10.2 Å². The minimum atomic E-state index is -1.00. The molecule has 0 fully saturated rings. The van der Waals surface area contributed by atoms with E-state index in [9.17, 15) is 19.1 Å². The van der Waals surface area contributed by atoms with E-state index >= 15 is 0 Å². The summed E-state index contributed by atoms with van der Waals surface area (Å²) < 4.78 is 25.8. The number of ketones is 1. The van der Waals surface area contributed by atoms with Crippen LogP contribution in [-0.2, 0) is 17.2 Å². The molecule has 11 heteroatoms. The van der Waals surface area contributed by atoms with Gasteiger partial charge in [-0.15, -0.1) is 10.2 Å². The number of aliphatic hydroxyl groups is 1. The van der Waals surface area contributed by atoms with Crippen LogP contribution < -0.4 is 9.64 Å². The Balaban J connectivity index is 1.29. The first kappa shape index (κ1) is 27.4. The number of hydrogen-bond donors (Lipinski definition) is 1. The van der Waals surface area contributed by atoms with Gasteiger partial charge >= 0.3 is 0 Å². The molecule has 0 aliphatic carbocycles. The second-order valence-electron chi connectivity index (χ2n) is 9.22. The van der Waals surface area contributed by atoms with Crippen molar-refractivity contribution in [1.29, 1.82) is 0 Å². The molecule has 1 amide bonds. The van der Waals surface area contributed by atoms with Crippen LogP contribution in [0.2, 0.25) is 0 Å². The Hall–Kier alpha value is -4.74. The number of anilines is 1. The molecule has 8 nitrogen and oxygen atoms in total. The fraction of sp³-hybridized carbons (Fsp3) is 0.0968. The molecule has 0 radical (unpaired) electrons. The molecule has 1 aliphatic rings. The van der Waals surface area contributed by atoms with Crippen molar-refractivity contribution in [1.82, 2.24) is 10.2 Å². The standard InChI is InChI=1S/C31H22FN3O5S2/c32-23-10-5-4-9-21(23)18-41-31-34-33-30(42-31)35-26(25(28(37)29(35)38)27(36)24-11-6-16-39-24)20-12-14-22(15-13-20)40-17-19-7-2-1-3-8-19/h1-16,26,37H,17-18H2. The van der Waals surface area contributed by atoms with E-state index in [4.69, 9.17) is 9.15 Å². The number of hydrogen-bond acceptors (Lipinski definition) is 9. The number of thioether (sulfide) groups is 1. The smallest absolute Gasteiger partial charge is 0.296 e. The van der Waals surface area contributed by atoms with Gasteiger partial charge in [0.25, 0.3) is 5.91 Å². The first-order valence-electron chi connectivity index (χ1n) is 12.8. The van der Waals surface area contributed by atoms with Gasteiger partial charge in [0.05, 0.1) is 17.9 Å². The van der Waals surface area contributed by atoms with Crippen molar-refractivity contribution < 1.29 is 28.2 Å². The molecule has 210 valence electrons. The minimum Gasteiger partial charge on any atom is -0.503 e. The van der Waals surface area contributed by atoms with Gasteiger partial charge in [0, 0.05) is 5.75 Å². The number of aromatic nitrogens is 2. The van der Waals surface area contributed by atoms with E-state index in [1.54, 1.807) is 48.5 Å². The predicted molar refractivity (Wildman–Crippen MR) is 156 cm³/mol. The SMILES string of the molecule is O=C(C1=C(O)C(=O)N(c2nnc(SCc3ccccc3F)s2)C1c1ccc(OCc2ccccc2)cc1)c1ccco1. The number of Topliss-reactive ketones (excluding diaryl/α,β-unsaturated/α-hetero) is 1. The summed E-state index contributed by atoms with van der Waals surface area (Å²) in [4.78, 5) is 28.1. The van der Waals surface area contributed by atoms with E-state index < -0.39 is 23.5 Å². The first-order chi connectivity index (χ1) is 20.5. The Bertz CT molecular complexity index is 1750. The Labute approximate surface area is 248 Å². The van der Waals surface area contributed by atoms with Crippen LogP contribution in [0.25, 0.3) is 0 Å². The Morgan fingerprint density at radius 1 is 1.00 bits per heavy atom. The third kappa shape index (κ3) is 5.56. The lowest BCUT2D eigenvalue weighted by molar-refractivity contribution is -0.117. The summed E-state index contributed by atoms with van der Waals surface area (Å²) in [5.41, 5.74) is 1.93. The van der Waals surface area contributed by atoms with E-state index in [0.717, 1.165) is 16.9 Å². The minimum absolute atomic E-state index is 0.0163. The summed E-state index contributed by atoms with van der Waals surface area (Å²) in [6.45, 7) is 0.370. The molecule has 6 rings (SSSR count). The van der Waals surface area contributed by atoms with Crippen molar-refractivity contribution in [3.8, 4) is 5.75 Å². The summed E-state index contributed by atoms with van der Waals surface area (Å²) in [7, 11) is 0. The van der Waals surface area contributed by atoms with E-state index in [1.807, 2.05) is 30.3 Å². The van der Waals surface area contributed by atoms with Gasteiger partial charge in [0.15, 0.2) is 15.9 Å². The lowest BCUT2D eigenvalue weighted by atomic mass is 9.95. The molecule has 1 N–H and O–H groups in total. The average Bonchev–Trinajstić information content (AvgIpc) is 3.77. The molecule has 0 saturated heterocycles. The van der Waals surface area contributed by atoms with Gasteiger partial charge in [-0.2, -0.15) is 0 Å². The van der Waals surface area contributed by atoms with Crippen LogP contribution in [0.5, 0.6) is 5.75 Å². The predicted octanol–water partition coefficient (Wildman–Crippen LogP) is 6.92. The lowest BCUT2D eigenvalue weighted by Gasteiger charge is -2.24. The maximum atomic E-state index is 14.1. The van der Waals surface area contributed by atoms with Crippen LogP contribution in [0, 0.1) is 5.82 Å². The van der Waals surface area contributed by atoms with Crippen LogP contribution in [-0.4, -0.2) is 27.0 Å².